The van der Waals surface area contributed by atoms with Crippen molar-refractivity contribution in [3.8, 4) is 16.9 Å². The molecule has 0 spiro atoms. The summed E-state index contributed by atoms with van der Waals surface area (Å²) in [6.07, 6.45) is 3.31. The normalized spacial score (nSPS) is 10.2. The molecule has 17 heavy (non-hydrogen) atoms. The van der Waals surface area contributed by atoms with Crippen LogP contribution in [0.3, 0.4) is 0 Å². The van der Waals surface area contributed by atoms with Crippen molar-refractivity contribution in [2.45, 2.75) is 0 Å². The lowest BCUT2D eigenvalue weighted by Crippen LogP contribution is -2.70. The Morgan fingerprint density at radius 2 is 2.18 bits per heavy atom. The number of aromatic nitrogens is 1. The maximum Gasteiger partial charge on any atom is 0.153 e. The van der Waals surface area contributed by atoms with Gasteiger partial charge in [0.25, 0.3) is 0 Å². The second kappa shape index (κ2) is 4.82. The van der Waals surface area contributed by atoms with E-state index in [1.54, 1.807) is 31.6 Å². The van der Waals surface area contributed by atoms with Crippen LogP contribution in [0.4, 0.5) is 11.4 Å². The Morgan fingerprint density at radius 1 is 1.35 bits per heavy atom. The summed E-state index contributed by atoms with van der Waals surface area (Å²) in [5.74, 6) is 0.661. The predicted octanol–water partition coefficient (Wildman–Crippen LogP) is 1.03. The predicted molar refractivity (Wildman–Crippen MR) is 65.6 cm³/mol. The van der Waals surface area contributed by atoms with E-state index in [-0.39, 0.29) is 0 Å². The first-order valence-corrected chi connectivity index (χ1v) is 5.09. The molecule has 0 aliphatic rings. The number of ether oxygens (including phenoxy) is 1. The molecule has 88 valence electrons. The lowest BCUT2D eigenvalue weighted by atomic mass is 10.0. The van der Waals surface area contributed by atoms with Crippen molar-refractivity contribution in [3.63, 3.8) is 0 Å². The fraction of sp³-hybridized carbons (Fsp3) is 0.0833. The Labute approximate surface area is 98.8 Å². The van der Waals surface area contributed by atoms with Gasteiger partial charge in [-0.15, -0.1) is 0 Å². The molecule has 5 heteroatoms. The monoisotopic (exact) mass is 231 g/mol. The molecule has 0 amide bonds. The van der Waals surface area contributed by atoms with E-state index in [0.29, 0.717) is 17.1 Å². The standard InChI is InChI=1S/C12H13N3O2/c1-17-12-7-14-5-4-9(12)8-2-3-10(13)11(6-8)15-16/h2-7H,13,15H2,1H3. The second-order valence-corrected chi connectivity index (χ2v) is 3.54. The van der Waals surface area contributed by atoms with Gasteiger partial charge in [-0.25, -0.2) is 0 Å². The average molecular weight is 231 g/mol. The number of hydrogen-bond acceptors (Lipinski definition) is 4. The Bertz CT molecular complexity index is 529. The van der Waals surface area contributed by atoms with Gasteiger partial charge in [0.05, 0.1) is 19.0 Å². The van der Waals surface area contributed by atoms with Gasteiger partial charge in [-0.05, 0) is 17.7 Å². The van der Waals surface area contributed by atoms with Crippen molar-refractivity contribution < 1.29 is 10.2 Å². The molecular weight excluding hydrogens is 218 g/mol. The number of nitrogens with zero attached hydrogens (tertiary/aromatic N) is 1. The zero-order valence-corrected chi connectivity index (χ0v) is 9.38. The summed E-state index contributed by atoms with van der Waals surface area (Å²) in [5, 5.41) is 10.8. The van der Waals surface area contributed by atoms with Gasteiger partial charge >= 0.3 is 0 Å². The number of nitrogens with two attached hydrogens (primary N) is 2. The van der Waals surface area contributed by atoms with Crippen LogP contribution in [0.15, 0.2) is 36.7 Å². The summed E-state index contributed by atoms with van der Waals surface area (Å²) in [5.41, 5.74) is 9.11. The van der Waals surface area contributed by atoms with E-state index in [9.17, 15) is 5.21 Å². The minimum Gasteiger partial charge on any atom is -0.630 e. The number of rotatable bonds is 3. The SMILES string of the molecule is COc1cnccc1-c1ccc(N)c([NH2+][O-])c1. The van der Waals surface area contributed by atoms with Gasteiger partial charge in [0.15, 0.2) is 5.69 Å². The molecule has 0 atom stereocenters. The van der Waals surface area contributed by atoms with Crippen LogP contribution in [0.1, 0.15) is 0 Å². The highest BCUT2D eigenvalue weighted by Gasteiger charge is 2.08. The lowest BCUT2D eigenvalue weighted by Gasteiger charge is -2.10. The van der Waals surface area contributed by atoms with Crippen molar-refractivity contribution in [3.05, 3.63) is 41.9 Å². The summed E-state index contributed by atoms with van der Waals surface area (Å²) in [6.45, 7) is 0. The van der Waals surface area contributed by atoms with Gasteiger partial charge < -0.3 is 21.2 Å². The fourth-order valence-corrected chi connectivity index (χ4v) is 1.63. The number of quaternary nitrogens is 1. The zero-order chi connectivity index (χ0) is 12.3. The van der Waals surface area contributed by atoms with Gasteiger partial charge in [-0.2, -0.15) is 0 Å². The van der Waals surface area contributed by atoms with Crippen LogP contribution in [0, 0.1) is 5.21 Å². The topological polar surface area (TPSA) is 87.8 Å². The summed E-state index contributed by atoms with van der Waals surface area (Å²) >= 11 is 0. The lowest BCUT2D eigenvalue weighted by molar-refractivity contribution is -0.496. The summed E-state index contributed by atoms with van der Waals surface area (Å²) < 4.78 is 5.22. The highest BCUT2D eigenvalue weighted by molar-refractivity contribution is 5.75. The maximum atomic E-state index is 10.8. The molecule has 0 unspecified atom stereocenters. The van der Waals surface area contributed by atoms with Gasteiger partial charge in [-0.3, -0.25) is 4.98 Å². The number of pyridine rings is 1. The van der Waals surface area contributed by atoms with Crippen LogP contribution in [0.25, 0.3) is 11.1 Å². The zero-order valence-electron chi connectivity index (χ0n) is 9.38. The quantitative estimate of drug-likeness (QED) is 0.610. The number of hydrogen-bond donors (Lipinski definition) is 2. The van der Waals surface area contributed by atoms with Crippen molar-refractivity contribution >= 4 is 11.4 Å². The number of methoxy groups -OCH3 is 1. The molecule has 0 fully saturated rings. The van der Waals surface area contributed by atoms with Crippen molar-refractivity contribution in [1.82, 2.24) is 4.98 Å². The first kappa shape index (κ1) is 11.4. The summed E-state index contributed by atoms with van der Waals surface area (Å²) in [6, 6.07) is 7.12. The first-order chi connectivity index (χ1) is 8.26. The third-order valence-electron chi connectivity index (χ3n) is 2.53. The molecule has 1 aromatic carbocycles. The number of anilines is 1. The van der Waals surface area contributed by atoms with Crippen molar-refractivity contribution in [1.29, 1.82) is 0 Å². The molecule has 2 aromatic rings. The van der Waals surface area contributed by atoms with Gasteiger partial charge in [0.1, 0.15) is 5.75 Å². The molecule has 0 bridgehead atoms. The Morgan fingerprint density at radius 3 is 2.88 bits per heavy atom. The van der Waals surface area contributed by atoms with Crippen LogP contribution in [0.5, 0.6) is 5.75 Å². The van der Waals surface area contributed by atoms with E-state index in [4.69, 9.17) is 10.5 Å². The van der Waals surface area contributed by atoms with Crippen molar-refractivity contribution in [2.75, 3.05) is 12.8 Å². The Kier molecular flexibility index (Phi) is 3.22. The number of benzene rings is 1. The number of nitrogen functional groups attached to an aromatic ring is 1. The first-order valence-electron chi connectivity index (χ1n) is 5.09. The molecule has 0 saturated carbocycles. The van der Waals surface area contributed by atoms with Crippen molar-refractivity contribution in [2.24, 2.45) is 0 Å². The third-order valence-corrected chi connectivity index (χ3v) is 2.53. The third kappa shape index (κ3) is 2.20. The van der Waals surface area contributed by atoms with Crippen LogP contribution < -0.4 is 16.0 Å². The smallest absolute Gasteiger partial charge is 0.153 e. The maximum absolute atomic E-state index is 10.8. The summed E-state index contributed by atoms with van der Waals surface area (Å²) in [4.78, 5) is 3.98. The Hall–Kier alpha value is -2.11. The van der Waals surface area contributed by atoms with Gasteiger partial charge in [0, 0.05) is 17.8 Å². The average Bonchev–Trinajstić information content (AvgIpc) is 2.39. The minimum absolute atomic E-state index is 0.469. The molecule has 0 aliphatic carbocycles. The van der Waals surface area contributed by atoms with E-state index >= 15 is 0 Å². The molecule has 4 N–H and O–H groups in total. The van der Waals surface area contributed by atoms with Crippen LogP contribution >= 0.6 is 0 Å². The minimum atomic E-state index is 0.469. The van der Waals surface area contributed by atoms with Crippen LogP contribution in [-0.2, 0) is 0 Å². The van der Waals surface area contributed by atoms with E-state index in [1.165, 1.54) is 0 Å². The Balaban J connectivity index is 2.53. The largest absolute Gasteiger partial charge is 0.630 e. The molecule has 0 radical (unpaired) electrons. The highest BCUT2D eigenvalue weighted by Crippen LogP contribution is 2.31. The van der Waals surface area contributed by atoms with Gasteiger partial charge in [-0.1, -0.05) is 6.07 Å². The second-order valence-electron chi connectivity index (χ2n) is 3.54. The molecule has 0 aliphatic heterocycles. The summed E-state index contributed by atoms with van der Waals surface area (Å²) in [7, 11) is 1.58. The van der Waals surface area contributed by atoms with Crippen LogP contribution in [0.2, 0.25) is 0 Å². The highest BCUT2D eigenvalue weighted by atomic mass is 16.5. The van der Waals surface area contributed by atoms with E-state index in [2.05, 4.69) is 4.98 Å². The molecule has 5 nitrogen and oxygen atoms in total. The molecule has 2 rings (SSSR count). The van der Waals surface area contributed by atoms with E-state index in [1.807, 2.05) is 12.1 Å². The molecule has 0 saturated heterocycles. The fourth-order valence-electron chi connectivity index (χ4n) is 1.63. The van der Waals surface area contributed by atoms with E-state index in [0.717, 1.165) is 16.6 Å². The molecular formula is C12H13N3O2. The molecule has 1 heterocycles. The van der Waals surface area contributed by atoms with Crippen LogP contribution in [-0.4, -0.2) is 12.1 Å². The van der Waals surface area contributed by atoms with Gasteiger partial charge in [0.2, 0.25) is 0 Å². The molecule has 1 aromatic heterocycles. The van der Waals surface area contributed by atoms with E-state index < -0.39 is 0 Å².